The minimum atomic E-state index is -0.464. The summed E-state index contributed by atoms with van der Waals surface area (Å²) in [5.41, 5.74) is 2.37. The Labute approximate surface area is 182 Å². The molecule has 29 heavy (non-hydrogen) atoms. The molecule has 2 aromatic carbocycles. The van der Waals surface area contributed by atoms with Crippen LogP contribution in [0.2, 0.25) is 0 Å². The number of para-hydroxylation sites is 2. The van der Waals surface area contributed by atoms with Gasteiger partial charge >= 0.3 is 183 Å². The van der Waals surface area contributed by atoms with Crippen molar-refractivity contribution in [2.24, 2.45) is 0 Å². The Morgan fingerprint density at radius 3 is 2.07 bits per heavy atom. The van der Waals surface area contributed by atoms with Gasteiger partial charge in [0, 0.05) is 0 Å². The fourth-order valence-electron chi connectivity index (χ4n) is 3.23. The van der Waals surface area contributed by atoms with Crippen molar-refractivity contribution >= 4 is 77.4 Å². The first-order valence-electron chi connectivity index (χ1n) is 8.74. The molecule has 0 spiro atoms. The van der Waals surface area contributed by atoms with E-state index in [4.69, 9.17) is 12.2 Å². The van der Waals surface area contributed by atoms with Crippen LogP contribution in [0.4, 0.5) is 15.9 Å². The van der Waals surface area contributed by atoms with Gasteiger partial charge in [-0.15, -0.1) is 0 Å². The molecule has 0 aliphatic carbocycles. The van der Waals surface area contributed by atoms with Crippen LogP contribution in [-0.4, -0.2) is 31.4 Å². The van der Waals surface area contributed by atoms with Crippen molar-refractivity contribution in [1.29, 1.82) is 0 Å². The van der Waals surface area contributed by atoms with Crippen molar-refractivity contribution < 1.29 is 9.59 Å². The monoisotopic (exact) mass is 483 g/mol. The van der Waals surface area contributed by atoms with Gasteiger partial charge in [-0.25, -0.2) is 0 Å². The molecule has 3 heterocycles. The molecule has 0 radical (unpaired) electrons. The Kier molecular flexibility index (Phi) is 4.64. The normalized spacial score (nSPS) is 15.4. The second-order valence-corrected chi connectivity index (χ2v) is 10.1. The van der Waals surface area contributed by atoms with Gasteiger partial charge in [0.1, 0.15) is 0 Å². The maximum atomic E-state index is 12.1. The number of fused-ring (bicyclic) bond motifs is 2. The Bertz CT molecular complexity index is 1150. The molecule has 2 amide bonds. The molecule has 5 rings (SSSR count). The molecule has 3 aromatic rings. The molecule has 2 N–H and O–H groups in total. The van der Waals surface area contributed by atoms with Gasteiger partial charge < -0.3 is 0 Å². The molecule has 1 fully saturated rings. The van der Waals surface area contributed by atoms with Gasteiger partial charge in [-0.1, -0.05) is 0 Å². The minimum absolute atomic E-state index is 0.0425. The molecule has 1 aromatic heterocycles. The van der Waals surface area contributed by atoms with Crippen molar-refractivity contribution in [2.45, 2.75) is 9.79 Å². The second kappa shape index (κ2) is 7.31. The van der Waals surface area contributed by atoms with Crippen molar-refractivity contribution in [3.8, 4) is 0 Å². The number of anilines is 3. The van der Waals surface area contributed by atoms with Crippen LogP contribution in [0.5, 0.6) is 0 Å². The average Bonchev–Trinajstić information content (AvgIpc) is 3.17. The summed E-state index contributed by atoms with van der Waals surface area (Å²) in [5, 5.41) is 4.99. The van der Waals surface area contributed by atoms with Crippen LogP contribution in [0.3, 0.4) is 0 Å². The van der Waals surface area contributed by atoms with Gasteiger partial charge in [-0.05, 0) is 0 Å². The third-order valence-corrected chi connectivity index (χ3v) is 7.96. The Morgan fingerprint density at radius 1 is 0.862 bits per heavy atom. The van der Waals surface area contributed by atoms with Crippen LogP contribution in [0.15, 0.2) is 76.0 Å². The number of benzene rings is 2. The van der Waals surface area contributed by atoms with E-state index in [2.05, 4.69) is 45.9 Å². The zero-order valence-electron chi connectivity index (χ0n) is 14.8. The summed E-state index contributed by atoms with van der Waals surface area (Å²) in [6.07, 6.45) is 1.66. The summed E-state index contributed by atoms with van der Waals surface area (Å²) in [6, 6.07) is 20.7. The van der Waals surface area contributed by atoms with Crippen molar-refractivity contribution in [3.63, 3.8) is 0 Å². The summed E-state index contributed by atoms with van der Waals surface area (Å²) >= 11 is 6.56. The first kappa shape index (κ1) is 18.4. The van der Waals surface area contributed by atoms with Crippen molar-refractivity contribution in [2.75, 3.05) is 4.90 Å². The molecule has 142 valence electrons. The number of rotatable bonds is 2. The molecule has 0 atom stereocenters. The molecule has 2 aliphatic rings. The zero-order valence-corrected chi connectivity index (χ0v) is 18.2. The van der Waals surface area contributed by atoms with Crippen LogP contribution in [0.25, 0.3) is 6.08 Å². The maximum absolute atomic E-state index is 12.1. The third kappa shape index (κ3) is 3.34. The first-order chi connectivity index (χ1) is 14.1. The zero-order chi connectivity index (χ0) is 20.0. The predicted octanol–water partition coefficient (Wildman–Crippen LogP) is 3.59. The van der Waals surface area contributed by atoms with Crippen molar-refractivity contribution in [3.05, 3.63) is 70.7 Å². The van der Waals surface area contributed by atoms with E-state index >= 15 is 0 Å². The number of nitrogens with zero attached hydrogens (tertiary/aromatic N) is 1. The molecule has 5 nitrogen and oxygen atoms in total. The summed E-state index contributed by atoms with van der Waals surface area (Å²) in [4.78, 5) is 29.0. The fourth-order valence-corrected chi connectivity index (χ4v) is 6.53. The van der Waals surface area contributed by atoms with E-state index in [1.54, 1.807) is 17.8 Å². The Hall–Kier alpha value is -2.64. The predicted molar refractivity (Wildman–Crippen MR) is 119 cm³/mol. The van der Waals surface area contributed by atoms with E-state index in [1.807, 2.05) is 30.3 Å². The molecule has 8 heteroatoms. The molecule has 0 saturated carbocycles. The number of hydrogen-bond acceptors (Lipinski definition) is 5. The van der Waals surface area contributed by atoms with Gasteiger partial charge in [0.25, 0.3) is 0 Å². The Balaban J connectivity index is 1.56. The molecular formula is C21H13N3O2S2Se. The van der Waals surface area contributed by atoms with Crippen molar-refractivity contribution in [1.82, 2.24) is 10.6 Å². The number of hydrogen-bond donors (Lipinski definition) is 2. The van der Waals surface area contributed by atoms with Gasteiger partial charge in [0.2, 0.25) is 0 Å². The van der Waals surface area contributed by atoms with Crippen LogP contribution in [-0.2, 0) is 9.59 Å². The van der Waals surface area contributed by atoms with E-state index < -0.39 is 11.8 Å². The van der Waals surface area contributed by atoms with Gasteiger partial charge in [0.15, 0.2) is 0 Å². The van der Waals surface area contributed by atoms with Crippen LogP contribution >= 0.6 is 24.0 Å². The number of carbonyl (C=O) groups is 2. The summed E-state index contributed by atoms with van der Waals surface area (Å²) in [5.74, 6) is -0.928. The fraction of sp³-hybridized carbons (Fsp3) is 0. The van der Waals surface area contributed by atoms with E-state index in [9.17, 15) is 9.59 Å². The van der Waals surface area contributed by atoms with Crippen LogP contribution in [0, 0.1) is 0 Å². The summed E-state index contributed by atoms with van der Waals surface area (Å²) in [7, 11) is 0. The SMILES string of the molecule is O=C1NC(=S)NC(=O)C1=Cc1ccc(N2c3ccccc3Sc3ccccc32)[se]1. The average molecular weight is 482 g/mol. The van der Waals surface area contributed by atoms with E-state index in [1.165, 1.54) is 9.79 Å². The third-order valence-electron chi connectivity index (χ3n) is 4.50. The topological polar surface area (TPSA) is 61.4 Å². The van der Waals surface area contributed by atoms with E-state index in [0.29, 0.717) is 0 Å². The molecule has 1 saturated heterocycles. The van der Waals surface area contributed by atoms with Gasteiger partial charge in [-0.3, -0.25) is 0 Å². The molecular weight excluding hydrogens is 469 g/mol. The number of nitrogens with one attached hydrogen (secondary N) is 2. The standard InChI is InChI=1S/C21H13N3O2S2Se/c25-19-13(20(26)23-21(27)22-19)11-12-9-10-18(29-12)24-14-5-1-3-7-16(14)28-17-8-4-2-6-15(17)24/h1-11H,(H2,22,23,25,26,27). The summed E-state index contributed by atoms with van der Waals surface area (Å²) < 4.78 is 2.10. The first-order valence-corrected chi connectivity index (χ1v) is 11.7. The molecule has 0 unspecified atom stereocenters. The molecule has 0 bridgehead atoms. The number of carbonyl (C=O) groups excluding carboxylic acids is 2. The van der Waals surface area contributed by atoms with Crippen LogP contribution in [0.1, 0.15) is 4.44 Å². The van der Waals surface area contributed by atoms with Gasteiger partial charge in [-0.2, -0.15) is 0 Å². The number of amides is 2. The van der Waals surface area contributed by atoms with Gasteiger partial charge in [0.05, 0.1) is 0 Å². The van der Waals surface area contributed by atoms with E-state index in [0.717, 1.165) is 20.4 Å². The Morgan fingerprint density at radius 2 is 1.45 bits per heavy atom. The summed E-state index contributed by atoms with van der Waals surface area (Å²) in [6.45, 7) is 0. The number of thiocarbonyl (C=S) groups is 1. The quantitative estimate of drug-likeness (QED) is 0.198. The van der Waals surface area contributed by atoms with E-state index in [-0.39, 0.29) is 25.2 Å². The van der Waals surface area contributed by atoms with Crippen LogP contribution < -0.4 is 15.5 Å². The molecule has 2 aliphatic heterocycles. The second-order valence-electron chi connectivity index (χ2n) is 6.34.